The van der Waals surface area contributed by atoms with E-state index in [-0.39, 0.29) is 16.9 Å². The van der Waals surface area contributed by atoms with Gasteiger partial charge in [0.05, 0.1) is 47.3 Å². The van der Waals surface area contributed by atoms with Crippen molar-refractivity contribution < 1.29 is 26.7 Å². The van der Waals surface area contributed by atoms with E-state index >= 15 is 0 Å². The fourth-order valence-electron chi connectivity index (χ4n) is 3.51. The first-order valence-electron chi connectivity index (χ1n) is 9.78. The van der Waals surface area contributed by atoms with Gasteiger partial charge in [-0.3, -0.25) is 9.20 Å². The molecule has 2 aromatic heterocycles. The minimum absolute atomic E-state index is 0.0981. The van der Waals surface area contributed by atoms with E-state index in [9.17, 15) is 32.0 Å². The number of imidazole rings is 1. The van der Waals surface area contributed by atoms with E-state index in [1.54, 1.807) is 0 Å². The van der Waals surface area contributed by atoms with Gasteiger partial charge in [-0.2, -0.15) is 18.4 Å². The highest BCUT2D eigenvalue weighted by Crippen LogP contribution is 2.31. The topological polar surface area (TPSA) is 100 Å². The van der Waals surface area contributed by atoms with Crippen LogP contribution in [0.2, 0.25) is 0 Å². The van der Waals surface area contributed by atoms with Crippen molar-refractivity contribution in [2.24, 2.45) is 0 Å². The number of halogens is 5. The Hall–Kier alpha value is -4.27. The van der Waals surface area contributed by atoms with Crippen molar-refractivity contribution in [2.75, 3.05) is 5.73 Å². The third kappa shape index (κ3) is 3.96. The van der Waals surface area contributed by atoms with Gasteiger partial charge in [0.15, 0.2) is 0 Å². The van der Waals surface area contributed by atoms with Crippen LogP contribution in [0.3, 0.4) is 0 Å². The van der Waals surface area contributed by atoms with Gasteiger partial charge in [-0.15, -0.1) is 0 Å². The van der Waals surface area contributed by atoms with E-state index in [0.29, 0.717) is 23.2 Å². The largest absolute Gasteiger partial charge is 0.416 e. The highest BCUT2D eigenvalue weighted by molar-refractivity contribution is 5.98. The van der Waals surface area contributed by atoms with Gasteiger partial charge in [0, 0.05) is 11.6 Å². The number of nitrogen functional groups attached to an aromatic ring is 1. The zero-order valence-electron chi connectivity index (χ0n) is 17.4. The molecule has 1 atom stereocenters. The molecule has 0 saturated carbocycles. The molecule has 0 saturated heterocycles. The van der Waals surface area contributed by atoms with Crippen molar-refractivity contribution in [1.82, 2.24) is 19.3 Å². The summed E-state index contributed by atoms with van der Waals surface area (Å²) in [6, 6.07) is 4.71. The van der Waals surface area contributed by atoms with Crippen molar-refractivity contribution in [1.29, 1.82) is 5.26 Å². The van der Waals surface area contributed by atoms with Crippen LogP contribution in [0.15, 0.2) is 42.9 Å². The zero-order chi connectivity index (χ0) is 24.8. The van der Waals surface area contributed by atoms with Crippen LogP contribution in [-0.4, -0.2) is 31.2 Å². The second-order valence-corrected chi connectivity index (χ2v) is 7.51. The number of amides is 1. The molecule has 2 N–H and O–H groups in total. The summed E-state index contributed by atoms with van der Waals surface area (Å²) in [7, 11) is 0. The molecule has 2 heterocycles. The highest BCUT2D eigenvalue weighted by Gasteiger charge is 2.32. The maximum Gasteiger partial charge on any atom is 0.416 e. The maximum absolute atomic E-state index is 14.9. The number of rotatable bonds is 4. The molecule has 4 rings (SSSR count). The van der Waals surface area contributed by atoms with E-state index in [1.807, 2.05) is 6.07 Å². The number of benzene rings is 2. The molecule has 0 aliphatic heterocycles. The summed E-state index contributed by atoms with van der Waals surface area (Å²) in [5.74, 6) is -3.04. The Labute approximate surface area is 188 Å². The summed E-state index contributed by atoms with van der Waals surface area (Å²) in [6.45, 7) is 0.768. The SMILES string of the molecule is CC(C#N)N(Cc1ccc(C(F)(F)F)cc1F)C(=O)c1cc2c(cc1F)nc(N)c1cncn12. The van der Waals surface area contributed by atoms with Crippen LogP contribution in [0.25, 0.3) is 16.6 Å². The first-order valence-corrected chi connectivity index (χ1v) is 9.78. The Morgan fingerprint density at radius 1 is 1.21 bits per heavy atom. The van der Waals surface area contributed by atoms with E-state index in [2.05, 4.69) is 9.97 Å². The second-order valence-electron chi connectivity index (χ2n) is 7.51. The number of alkyl halides is 3. The van der Waals surface area contributed by atoms with Gasteiger partial charge in [-0.25, -0.2) is 18.7 Å². The number of nitrogens with two attached hydrogens (primary N) is 1. The average molecular weight is 474 g/mol. The van der Waals surface area contributed by atoms with Crippen LogP contribution in [0, 0.1) is 23.0 Å². The van der Waals surface area contributed by atoms with Crippen LogP contribution >= 0.6 is 0 Å². The van der Waals surface area contributed by atoms with Gasteiger partial charge in [-0.05, 0) is 25.1 Å². The van der Waals surface area contributed by atoms with Crippen molar-refractivity contribution in [3.8, 4) is 6.07 Å². The number of fused-ring (bicyclic) bond motifs is 3. The number of carbonyl (C=O) groups is 1. The molecule has 0 bridgehead atoms. The minimum atomic E-state index is -4.75. The van der Waals surface area contributed by atoms with Gasteiger partial charge < -0.3 is 10.6 Å². The molecule has 0 spiro atoms. The molecule has 174 valence electrons. The predicted octanol–water partition coefficient (Wildman–Crippen LogP) is 4.32. The Balaban J connectivity index is 1.77. The lowest BCUT2D eigenvalue weighted by Crippen LogP contribution is -2.38. The van der Waals surface area contributed by atoms with Crippen molar-refractivity contribution >= 4 is 28.3 Å². The maximum atomic E-state index is 14.9. The summed E-state index contributed by atoms with van der Waals surface area (Å²) in [5.41, 5.74) is 4.81. The van der Waals surface area contributed by atoms with Gasteiger partial charge in [0.2, 0.25) is 0 Å². The molecule has 7 nitrogen and oxygen atoms in total. The number of nitrogens with zero attached hydrogens (tertiary/aromatic N) is 5. The fourth-order valence-corrected chi connectivity index (χ4v) is 3.51. The van der Waals surface area contributed by atoms with Crippen LogP contribution < -0.4 is 5.73 Å². The minimum Gasteiger partial charge on any atom is -0.382 e. The molecule has 34 heavy (non-hydrogen) atoms. The lowest BCUT2D eigenvalue weighted by atomic mass is 10.1. The standard InChI is InChI=1S/C22H15F5N6O/c1-11(7-28)32(9-12-2-3-13(4-15(12)23)22(25,26)27)21(34)14-5-18-17(6-16(14)24)31-20(29)19-8-30-10-33(18)19/h2-6,8,10-11H,9H2,1H3,(H2,29,31). The molecule has 12 heteroatoms. The Morgan fingerprint density at radius 2 is 1.94 bits per heavy atom. The summed E-state index contributed by atoms with van der Waals surface area (Å²) < 4.78 is 69.4. The van der Waals surface area contributed by atoms with Crippen LogP contribution in [-0.2, 0) is 12.7 Å². The van der Waals surface area contributed by atoms with Crippen molar-refractivity contribution in [3.63, 3.8) is 0 Å². The number of carbonyl (C=O) groups excluding carboxylic acids is 1. The number of anilines is 1. The molecule has 0 fully saturated rings. The summed E-state index contributed by atoms with van der Waals surface area (Å²) in [4.78, 5) is 22.2. The first-order chi connectivity index (χ1) is 16.0. The molecule has 2 aromatic carbocycles. The first kappa shape index (κ1) is 22.9. The van der Waals surface area contributed by atoms with Gasteiger partial charge >= 0.3 is 6.18 Å². The number of nitriles is 1. The van der Waals surface area contributed by atoms with Crippen molar-refractivity contribution in [3.05, 3.63) is 71.2 Å². The molecule has 4 aromatic rings. The van der Waals surface area contributed by atoms with E-state index < -0.39 is 47.4 Å². The van der Waals surface area contributed by atoms with Crippen molar-refractivity contribution in [2.45, 2.75) is 25.7 Å². The molecule has 0 aliphatic carbocycles. The van der Waals surface area contributed by atoms with Crippen LogP contribution in [0.4, 0.5) is 27.8 Å². The number of hydrogen-bond donors (Lipinski definition) is 1. The molecule has 1 unspecified atom stereocenters. The van der Waals surface area contributed by atoms with E-state index in [4.69, 9.17) is 5.73 Å². The van der Waals surface area contributed by atoms with E-state index in [0.717, 1.165) is 17.0 Å². The van der Waals surface area contributed by atoms with Gasteiger partial charge in [-0.1, -0.05) is 6.07 Å². The quantitative estimate of drug-likeness (QED) is 0.444. The Morgan fingerprint density at radius 3 is 2.59 bits per heavy atom. The average Bonchev–Trinajstić information content (AvgIpc) is 3.27. The predicted molar refractivity (Wildman–Crippen MR) is 111 cm³/mol. The summed E-state index contributed by atoms with van der Waals surface area (Å²) in [6.07, 6.45) is -1.92. The van der Waals surface area contributed by atoms with E-state index in [1.165, 1.54) is 29.9 Å². The molecule has 0 radical (unpaired) electrons. The zero-order valence-corrected chi connectivity index (χ0v) is 17.4. The second kappa shape index (κ2) is 8.26. The third-order valence-electron chi connectivity index (χ3n) is 5.33. The van der Waals surface area contributed by atoms with Crippen LogP contribution in [0.5, 0.6) is 0 Å². The molecule has 0 aliphatic rings. The summed E-state index contributed by atoms with van der Waals surface area (Å²) in [5, 5.41) is 9.37. The monoisotopic (exact) mass is 474 g/mol. The Bertz CT molecular complexity index is 1470. The molecular weight excluding hydrogens is 459 g/mol. The fraction of sp³-hybridized carbons (Fsp3) is 0.182. The van der Waals surface area contributed by atoms with Crippen LogP contribution in [0.1, 0.15) is 28.4 Å². The highest BCUT2D eigenvalue weighted by atomic mass is 19.4. The number of hydrogen-bond acceptors (Lipinski definition) is 5. The summed E-state index contributed by atoms with van der Waals surface area (Å²) >= 11 is 0. The Kier molecular flexibility index (Phi) is 5.56. The molecular formula is C22H15F5N6O. The molecule has 1 amide bonds. The normalized spacial score (nSPS) is 12.6. The van der Waals surface area contributed by atoms with Gasteiger partial charge in [0.25, 0.3) is 5.91 Å². The van der Waals surface area contributed by atoms with Gasteiger partial charge in [0.1, 0.15) is 29.0 Å². The smallest absolute Gasteiger partial charge is 0.382 e. The number of aromatic nitrogens is 3. The lowest BCUT2D eigenvalue weighted by Gasteiger charge is -2.26. The third-order valence-corrected chi connectivity index (χ3v) is 5.33. The lowest BCUT2D eigenvalue weighted by molar-refractivity contribution is -0.137.